The number of aliphatic hydroxyl groups excluding tert-OH is 2. The number of ether oxygens (including phenoxy) is 1. The number of nitrogens with zero attached hydrogens (tertiary/aromatic N) is 5. The van der Waals surface area contributed by atoms with E-state index in [0.29, 0.717) is 5.56 Å². The van der Waals surface area contributed by atoms with E-state index in [1.54, 1.807) is 6.92 Å². The zero-order valence-electron chi connectivity index (χ0n) is 10.6. The van der Waals surface area contributed by atoms with Crippen LogP contribution in [0, 0.1) is 6.92 Å². The van der Waals surface area contributed by atoms with Crippen molar-refractivity contribution >= 4 is 5.82 Å². The zero-order chi connectivity index (χ0) is 14.9. The lowest BCUT2D eigenvalue weighted by Gasteiger charge is -2.18. The summed E-state index contributed by atoms with van der Waals surface area (Å²) < 4.78 is 6.43. The molecule has 2 rings (SSSR count). The molecule has 0 spiro atoms. The number of aromatic nitrogens is 2. The molecule has 1 saturated heterocycles. The summed E-state index contributed by atoms with van der Waals surface area (Å²) >= 11 is 0. The van der Waals surface area contributed by atoms with Gasteiger partial charge in [-0.1, -0.05) is 5.11 Å². The van der Waals surface area contributed by atoms with Gasteiger partial charge >= 0.3 is 5.69 Å². The predicted octanol–water partition coefficient (Wildman–Crippen LogP) is -0.937. The third-order valence-electron chi connectivity index (χ3n) is 3.15. The van der Waals surface area contributed by atoms with Crippen LogP contribution in [0.4, 0.5) is 5.82 Å². The molecule has 0 radical (unpaired) electrons. The molecule has 10 heteroatoms. The molecule has 10 nitrogen and oxygen atoms in total. The minimum atomic E-state index is -1.27. The normalized spacial score (nSPS) is 29.1. The van der Waals surface area contributed by atoms with E-state index in [0.717, 1.165) is 4.57 Å². The van der Waals surface area contributed by atoms with Crippen LogP contribution in [0.5, 0.6) is 0 Å². The van der Waals surface area contributed by atoms with Crippen molar-refractivity contribution in [3.05, 3.63) is 32.7 Å². The van der Waals surface area contributed by atoms with Gasteiger partial charge in [-0.15, -0.1) is 0 Å². The quantitative estimate of drug-likeness (QED) is 0.368. The van der Waals surface area contributed by atoms with Crippen molar-refractivity contribution in [1.29, 1.82) is 0 Å². The molecule has 4 unspecified atom stereocenters. The van der Waals surface area contributed by atoms with Gasteiger partial charge in [0.15, 0.2) is 6.23 Å². The van der Waals surface area contributed by atoms with Gasteiger partial charge < -0.3 is 20.7 Å². The number of rotatable bonds is 3. The first-order valence-corrected chi connectivity index (χ1v) is 5.83. The maximum absolute atomic E-state index is 11.8. The van der Waals surface area contributed by atoms with Crippen LogP contribution in [-0.4, -0.2) is 44.6 Å². The molecule has 0 aromatic carbocycles. The van der Waals surface area contributed by atoms with E-state index in [9.17, 15) is 15.0 Å². The average Bonchev–Trinajstić information content (AvgIpc) is 2.72. The van der Waals surface area contributed by atoms with Crippen LogP contribution < -0.4 is 11.4 Å². The summed E-state index contributed by atoms with van der Waals surface area (Å²) in [6.07, 6.45) is -1.87. The highest BCUT2D eigenvalue weighted by molar-refractivity contribution is 5.35. The second-order valence-electron chi connectivity index (χ2n) is 4.43. The molecule has 2 heterocycles. The molecule has 0 amide bonds. The Labute approximate surface area is 113 Å². The van der Waals surface area contributed by atoms with Gasteiger partial charge in [0.2, 0.25) is 0 Å². The highest BCUT2D eigenvalue weighted by Gasteiger charge is 2.44. The van der Waals surface area contributed by atoms with Gasteiger partial charge in [0, 0.05) is 16.7 Å². The fraction of sp³-hybridized carbons (Fsp3) is 0.600. The molecule has 108 valence electrons. The van der Waals surface area contributed by atoms with Crippen LogP contribution in [0.1, 0.15) is 11.8 Å². The number of anilines is 1. The lowest BCUT2D eigenvalue weighted by Crippen LogP contribution is -2.35. The van der Waals surface area contributed by atoms with Crippen molar-refractivity contribution < 1.29 is 14.9 Å². The molecular formula is C10H14N6O4. The number of nitrogen functional groups attached to an aromatic ring is 1. The van der Waals surface area contributed by atoms with Gasteiger partial charge in [-0.25, -0.2) is 4.79 Å². The third-order valence-corrected chi connectivity index (χ3v) is 3.15. The van der Waals surface area contributed by atoms with Crippen molar-refractivity contribution in [1.82, 2.24) is 9.55 Å². The number of hydrogen-bond donors (Lipinski definition) is 3. The smallest absolute Gasteiger partial charge is 0.351 e. The molecule has 1 aliphatic rings. The number of hydrogen-bond acceptors (Lipinski definition) is 7. The standard InChI is InChI=1S/C10H14N6O4/c1-4-2-16(10(19)13-8(4)11)9-7(18)6(14-15-12)5(3-17)20-9/h2,5-7,9,17-18H,3H2,1H3,(H2,11,13,19). The van der Waals surface area contributed by atoms with Crippen LogP contribution in [0.15, 0.2) is 16.1 Å². The van der Waals surface area contributed by atoms with Crippen molar-refractivity contribution in [2.75, 3.05) is 12.3 Å². The topological polar surface area (TPSA) is 159 Å². The molecule has 0 aliphatic carbocycles. The van der Waals surface area contributed by atoms with Gasteiger partial charge in [-0.05, 0) is 12.5 Å². The lowest BCUT2D eigenvalue weighted by molar-refractivity contribution is -0.0531. The fourth-order valence-electron chi connectivity index (χ4n) is 2.07. The Morgan fingerprint density at radius 3 is 3.00 bits per heavy atom. The van der Waals surface area contributed by atoms with Crippen LogP contribution in [0.3, 0.4) is 0 Å². The second-order valence-corrected chi connectivity index (χ2v) is 4.43. The number of azide groups is 1. The van der Waals surface area contributed by atoms with Crippen molar-refractivity contribution in [2.45, 2.75) is 31.4 Å². The van der Waals surface area contributed by atoms with E-state index >= 15 is 0 Å². The molecule has 1 aliphatic heterocycles. The fourth-order valence-corrected chi connectivity index (χ4v) is 2.07. The molecule has 0 saturated carbocycles. The van der Waals surface area contributed by atoms with Crippen molar-refractivity contribution in [3.63, 3.8) is 0 Å². The minimum absolute atomic E-state index is 0.0871. The SMILES string of the molecule is Cc1cn(C2OC(CO)C(N=[N+]=[N-])C2O)c(=O)nc1N. The predicted molar refractivity (Wildman–Crippen MR) is 67.6 cm³/mol. The minimum Gasteiger partial charge on any atom is -0.394 e. The first kappa shape index (κ1) is 14.3. The van der Waals surface area contributed by atoms with E-state index in [1.807, 2.05) is 0 Å². The highest BCUT2D eigenvalue weighted by atomic mass is 16.5. The molecule has 4 atom stereocenters. The van der Waals surface area contributed by atoms with E-state index < -0.39 is 36.8 Å². The van der Waals surface area contributed by atoms with Crippen LogP contribution in [0.2, 0.25) is 0 Å². The van der Waals surface area contributed by atoms with Gasteiger partial charge in [-0.3, -0.25) is 4.57 Å². The monoisotopic (exact) mass is 282 g/mol. The van der Waals surface area contributed by atoms with Gasteiger partial charge in [0.1, 0.15) is 11.9 Å². The van der Waals surface area contributed by atoms with E-state index in [2.05, 4.69) is 15.0 Å². The van der Waals surface area contributed by atoms with E-state index in [1.165, 1.54) is 6.20 Å². The maximum Gasteiger partial charge on any atom is 0.351 e. The zero-order valence-corrected chi connectivity index (χ0v) is 10.6. The maximum atomic E-state index is 11.8. The first-order chi connectivity index (χ1) is 9.49. The summed E-state index contributed by atoms with van der Waals surface area (Å²) in [4.78, 5) is 18.0. The van der Waals surface area contributed by atoms with Gasteiger partial charge in [-0.2, -0.15) is 4.98 Å². The summed E-state index contributed by atoms with van der Waals surface area (Å²) in [6, 6.07) is -0.986. The first-order valence-electron chi connectivity index (χ1n) is 5.83. The average molecular weight is 282 g/mol. The molecule has 4 N–H and O–H groups in total. The van der Waals surface area contributed by atoms with Crippen LogP contribution >= 0.6 is 0 Å². The van der Waals surface area contributed by atoms with E-state index in [4.69, 9.17) is 16.0 Å². The Bertz CT molecular complexity index is 610. The lowest BCUT2D eigenvalue weighted by atomic mass is 10.1. The molecule has 20 heavy (non-hydrogen) atoms. The summed E-state index contributed by atoms with van der Waals surface area (Å²) in [5.74, 6) is 0.0871. The second kappa shape index (κ2) is 5.47. The number of nitrogens with two attached hydrogens (primary N) is 1. The third kappa shape index (κ3) is 2.32. The highest BCUT2D eigenvalue weighted by Crippen LogP contribution is 2.30. The van der Waals surface area contributed by atoms with Crippen molar-refractivity contribution in [3.8, 4) is 0 Å². The Kier molecular flexibility index (Phi) is 3.91. The Morgan fingerprint density at radius 2 is 2.40 bits per heavy atom. The molecule has 1 aromatic heterocycles. The van der Waals surface area contributed by atoms with Crippen molar-refractivity contribution in [2.24, 2.45) is 5.11 Å². The largest absolute Gasteiger partial charge is 0.394 e. The molecule has 0 bridgehead atoms. The Balaban J connectivity index is 2.41. The molecule has 1 fully saturated rings. The number of aryl methyl sites for hydroxylation is 1. The van der Waals surface area contributed by atoms with E-state index in [-0.39, 0.29) is 5.82 Å². The number of aliphatic hydroxyl groups is 2. The summed E-state index contributed by atoms with van der Waals surface area (Å²) in [6.45, 7) is 1.20. The Hall–Kier alpha value is -2.13. The Morgan fingerprint density at radius 1 is 1.70 bits per heavy atom. The van der Waals surface area contributed by atoms with Gasteiger partial charge in [0.25, 0.3) is 0 Å². The summed E-state index contributed by atoms with van der Waals surface area (Å²) in [7, 11) is 0. The summed E-state index contributed by atoms with van der Waals surface area (Å²) in [5.41, 5.74) is 13.8. The molecular weight excluding hydrogens is 268 g/mol. The van der Waals surface area contributed by atoms with Crippen LogP contribution in [0.25, 0.3) is 10.4 Å². The summed E-state index contributed by atoms with van der Waals surface area (Å²) in [5, 5.41) is 22.7. The van der Waals surface area contributed by atoms with Crippen LogP contribution in [-0.2, 0) is 4.74 Å². The van der Waals surface area contributed by atoms with Gasteiger partial charge in [0.05, 0.1) is 18.8 Å². The molecule has 1 aromatic rings.